The summed E-state index contributed by atoms with van der Waals surface area (Å²) in [7, 11) is 0. The Morgan fingerprint density at radius 1 is 1.09 bits per heavy atom. The number of nitrogens with one attached hydrogen (secondary N) is 2. The number of nitrogens with zero attached hydrogens (tertiary/aromatic N) is 1. The highest BCUT2D eigenvalue weighted by molar-refractivity contribution is 5.67. The van der Waals surface area contributed by atoms with Crippen LogP contribution >= 0.6 is 0 Å². The van der Waals surface area contributed by atoms with Crippen molar-refractivity contribution >= 4 is 11.4 Å². The van der Waals surface area contributed by atoms with E-state index in [0.29, 0.717) is 13.1 Å². The Morgan fingerprint density at radius 3 is 2.52 bits per heavy atom. The SMILES string of the molecule is NCc1c(NCc2ccc(F)cc2)cccc1N1CCNCC1. The molecule has 5 heteroatoms. The van der Waals surface area contributed by atoms with Gasteiger partial charge in [0.15, 0.2) is 0 Å². The first-order valence-corrected chi connectivity index (χ1v) is 8.04. The summed E-state index contributed by atoms with van der Waals surface area (Å²) < 4.78 is 13.0. The number of benzene rings is 2. The molecule has 1 fully saturated rings. The van der Waals surface area contributed by atoms with E-state index in [-0.39, 0.29) is 5.82 Å². The Kier molecular flexibility index (Phi) is 5.10. The van der Waals surface area contributed by atoms with Gasteiger partial charge in [-0.3, -0.25) is 0 Å². The van der Waals surface area contributed by atoms with Gasteiger partial charge in [0.05, 0.1) is 0 Å². The minimum Gasteiger partial charge on any atom is -0.381 e. The molecule has 2 aromatic rings. The first kappa shape index (κ1) is 15.8. The highest BCUT2D eigenvalue weighted by atomic mass is 19.1. The van der Waals surface area contributed by atoms with Crippen LogP contribution in [0.4, 0.5) is 15.8 Å². The van der Waals surface area contributed by atoms with Gasteiger partial charge >= 0.3 is 0 Å². The molecule has 4 nitrogen and oxygen atoms in total. The fourth-order valence-electron chi connectivity index (χ4n) is 2.96. The number of hydrogen-bond acceptors (Lipinski definition) is 4. The highest BCUT2D eigenvalue weighted by Gasteiger charge is 2.15. The van der Waals surface area contributed by atoms with Crippen molar-refractivity contribution in [1.82, 2.24) is 5.32 Å². The van der Waals surface area contributed by atoms with E-state index in [2.05, 4.69) is 33.7 Å². The van der Waals surface area contributed by atoms with Gasteiger partial charge in [-0.25, -0.2) is 4.39 Å². The summed E-state index contributed by atoms with van der Waals surface area (Å²) in [5.41, 5.74) is 10.4. The summed E-state index contributed by atoms with van der Waals surface area (Å²) in [5.74, 6) is -0.211. The second kappa shape index (κ2) is 7.44. The first-order valence-electron chi connectivity index (χ1n) is 8.04. The molecule has 0 aliphatic carbocycles. The third-order valence-electron chi connectivity index (χ3n) is 4.21. The molecular weight excluding hydrogens is 291 g/mol. The van der Waals surface area contributed by atoms with Crippen LogP contribution in [0, 0.1) is 5.82 Å². The third kappa shape index (κ3) is 3.81. The largest absolute Gasteiger partial charge is 0.381 e. The molecule has 0 unspecified atom stereocenters. The third-order valence-corrected chi connectivity index (χ3v) is 4.21. The van der Waals surface area contributed by atoms with E-state index in [9.17, 15) is 4.39 Å². The molecule has 1 aliphatic rings. The lowest BCUT2D eigenvalue weighted by molar-refractivity contribution is 0.588. The van der Waals surface area contributed by atoms with E-state index in [4.69, 9.17) is 5.73 Å². The van der Waals surface area contributed by atoms with Crippen LogP contribution in [-0.4, -0.2) is 26.2 Å². The van der Waals surface area contributed by atoms with E-state index in [1.807, 2.05) is 0 Å². The maximum absolute atomic E-state index is 13.0. The molecular formula is C18H23FN4. The van der Waals surface area contributed by atoms with Crippen molar-refractivity contribution in [2.45, 2.75) is 13.1 Å². The Bertz CT molecular complexity index is 636. The zero-order chi connectivity index (χ0) is 16.1. The van der Waals surface area contributed by atoms with Gasteiger partial charge in [0.25, 0.3) is 0 Å². The fourth-order valence-corrected chi connectivity index (χ4v) is 2.96. The molecule has 0 radical (unpaired) electrons. The molecule has 0 aromatic heterocycles. The average Bonchev–Trinajstić information content (AvgIpc) is 2.61. The van der Waals surface area contributed by atoms with Crippen LogP contribution < -0.4 is 21.3 Å². The molecule has 1 heterocycles. The molecule has 0 saturated carbocycles. The Morgan fingerprint density at radius 2 is 1.83 bits per heavy atom. The second-order valence-corrected chi connectivity index (χ2v) is 5.72. The smallest absolute Gasteiger partial charge is 0.123 e. The first-order chi connectivity index (χ1) is 11.3. The van der Waals surface area contributed by atoms with Crippen molar-refractivity contribution in [3.05, 3.63) is 59.4 Å². The van der Waals surface area contributed by atoms with Crippen LogP contribution in [0.3, 0.4) is 0 Å². The summed E-state index contributed by atoms with van der Waals surface area (Å²) in [6.45, 7) is 5.13. The van der Waals surface area contributed by atoms with Gasteiger partial charge in [-0.1, -0.05) is 18.2 Å². The molecule has 0 amide bonds. The number of hydrogen-bond donors (Lipinski definition) is 3. The molecule has 0 spiro atoms. The lowest BCUT2D eigenvalue weighted by Gasteiger charge is -2.31. The minimum absolute atomic E-state index is 0.211. The van der Waals surface area contributed by atoms with Crippen LogP contribution in [0.15, 0.2) is 42.5 Å². The molecule has 4 N–H and O–H groups in total. The van der Waals surface area contributed by atoms with Gasteiger partial charge in [0, 0.05) is 56.2 Å². The average molecular weight is 314 g/mol. The highest BCUT2D eigenvalue weighted by Crippen LogP contribution is 2.28. The topological polar surface area (TPSA) is 53.3 Å². The maximum Gasteiger partial charge on any atom is 0.123 e. The molecule has 1 aliphatic heterocycles. The number of nitrogens with two attached hydrogens (primary N) is 1. The zero-order valence-corrected chi connectivity index (χ0v) is 13.2. The van der Waals surface area contributed by atoms with Crippen molar-refractivity contribution in [3.63, 3.8) is 0 Å². The molecule has 1 saturated heterocycles. The lowest BCUT2D eigenvalue weighted by atomic mass is 10.1. The van der Waals surface area contributed by atoms with Crippen LogP contribution in [0.1, 0.15) is 11.1 Å². The zero-order valence-electron chi connectivity index (χ0n) is 13.2. The summed E-state index contributed by atoms with van der Waals surface area (Å²) in [5, 5.41) is 6.80. The number of anilines is 2. The quantitative estimate of drug-likeness (QED) is 0.793. The molecule has 3 rings (SSSR count). The molecule has 122 valence electrons. The van der Waals surface area contributed by atoms with Gasteiger partial charge in [-0.15, -0.1) is 0 Å². The molecule has 2 aromatic carbocycles. The van der Waals surface area contributed by atoms with Gasteiger partial charge < -0.3 is 21.3 Å². The van der Waals surface area contributed by atoms with E-state index in [0.717, 1.165) is 43.0 Å². The predicted molar refractivity (Wildman–Crippen MR) is 93.1 cm³/mol. The second-order valence-electron chi connectivity index (χ2n) is 5.72. The van der Waals surface area contributed by atoms with Crippen molar-refractivity contribution in [1.29, 1.82) is 0 Å². The Hall–Kier alpha value is -2.11. The number of rotatable bonds is 5. The van der Waals surface area contributed by atoms with E-state index in [1.165, 1.54) is 17.8 Å². The minimum atomic E-state index is -0.211. The Balaban J connectivity index is 1.77. The van der Waals surface area contributed by atoms with Gasteiger partial charge in [-0.05, 0) is 29.8 Å². The maximum atomic E-state index is 13.0. The summed E-state index contributed by atoms with van der Waals surface area (Å²) in [6, 6.07) is 12.8. The van der Waals surface area contributed by atoms with Gasteiger partial charge in [-0.2, -0.15) is 0 Å². The van der Waals surface area contributed by atoms with Gasteiger partial charge in [0.2, 0.25) is 0 Å². The van der Waals surface area contributed by atoms with Crippen molar-refractivity contribution in [2.75, 3.05) is 36.4 Å². The van der Waals surface area contributed by atoms with Crippen LogP contribution in [0.5, 0.6) is 0 Å². The number of piperazine rings is 1. The van der Waals surface area contributed by atoms with E-state index >= 15 is 0 Å². The molecule has 23 heavy (non-hydrogen) atoms. The van der Waals surface area contributed by atoms with Crippen LogP contribution in [-0.2, 0) is 13.1 Å². The summed E-state index contributed by atoms with van der Waals surface area (Å²) >= 11 is 0. The van der Waals surface area contributed by atoms with Crippen LogP contribution in [0.2, 0.25) is 0 Å². The lowest BCUT2D eigenvalue weighted by Crippen LogP contribution is -2.44. The summed E-state index contributed by atoms with van der Waals surface area (Å²) in [4.78, 5) is 2.38. The van der Waals surface area contributed by atoms with E-state index in [1.54, 1.807) is 12.1 Å². The van der Waals surface area contributed by atoms with Crippen molar-refractivity contribution in [3.8, 4) is 0 Å². The normalized spacial score (nSPS) is 14.8. The van der Waals surface area contributed by atoms with Crippen LogP contribution in [0.25, 0.3) is 0 Å². The number of halogens is 1. The predicted octanol–water partition coefficient (Wildman–Crippen LogP) is 2.31. The fraction of sp³-hybridized carbons (Fsp3) is 0.333. The van der Waals surface area contributed by atoms with Crippen molar-refractivity contribution in [2.24, 2.45) is 5.73 Å². The standard InChI is InChI=1S/C18H23FN4/c19-15-6-4-14(5-7-15)13-22-17-2-1-3-18(16(17)12-20)23-10-8-21-9-11-23/h1-7,21-22H,8-13,20H2. The Labute approximate surface area is 136 Å². The molecule has 0 atom stereocenters. The van der Waals surface area contributed by atoms with E-state index < -0.39 is 0 Å². The molecule has 0 bridgehead atoms. The monoisotopic (exact) mass is 314 g/mol. The van der Waals surface area contributed by atoms with Crippen molar-refractivity contribution < 1.29 is 4.39 Å². The van der Waals surface area contributed by atoms with Gasteiger partial charge in [0.1, 0.15) is 5.82 Å². The summed E-state index contributed by atoms with van der Waals surface area (Å²) in [6.07, 6.45) is 0.